The third-order valence-electron chi connectivity index (χ3n) is 7.97. The van der Waals surface area contributed by atoms with E-state index in [2.05, 4.69) is 55.8 Å². The van der Waals surface area contributed by atoms with Crippen LogP contribution in [0.1, 0.15) is 84.9 Å². The molecule has 0 unspecified atom stereocenters. The predicted octanol–water partition coefficient (Wildman–Crippen LogP) is 8.15. The highest BCUT2D eigenvalue weighted by Gasteiger charge is 2.25. The number of esters is 1. The molecule has 0 bridgehead atoms. The summed E-state index contributed by atoms with van der Waals surface area (Å²) in [5, 5.41) is 4.78. The summed E-state index contributed by atoms with van der Waals surface area (Å²) in [6.07, 6.45) is -0.716. The molecule has 4 aromatic rings. The van der Waals surface area contributed by atoms with E-state index in [1.54, 1.807) is 12.1 Å². The van der Waals surface area contributed by atoms with Crippen molar-refractivity contribution in [1.29, 1.82) is 0 Å². The molecule has 1 heterocycles. The summed E-state index contributed by atoms with van der Waals surface area (Å²) in [5.74, 6) is 0.392. The van der Waals surface area contributed by atoms with Gasteiger partial charge in [-0.05, 0) is 85.3 Å². The summed E-state index contributed by atoms with van der Waals surface area (Å²) in [4.78, 5) is 25.5. The number of carbonyl (C=O) groups excluding carboxylic acids is 2. The first-order valence-corrected chi connectivity index (χ1v) is 14.8. The second-order valence-corrected chi connectivity index (χ2v) is 12.0. The SMILES string of the molecule is COC(=O)[C@H](Oc1ccc(Cl)c(Cn2c(C)c(C)c3cc(C(=O)N[C@@H](C)c4cccc(C(C)C)c4)ccc32)c1)C(C)C. The summed E-state index contributed by atoms with van der Waals surface area (Å²) >= 11 is 6.62. The normalized spacial score (nSPS) is 12.9. The standard InChI is InChI=1S/C35H41ClN2O4/c1-20(2)25-10-9-11-26(16-25)23(6)37-34(39)27-12-15-32-30(18-27)22(5)24(7)38(32)19-28-17-29(13-14-31(28)36)42-33(21(3)4)35(40)41-8/h9-18,20-21,23,33H,19H2,1-8H3,(H,37,39)/t23-,33+/m0/s1. The maximum absolute atomic E-state index is 13.3. The lowest BCUT2D eigenvalue weighted by Crippen LogP contribution is -2.33. The third-order valence-corrected chi connectivity index (χ3v) is 8.34. The molecule has 0 aliphatic carbocycles. The van der Waals surface area contributed by atoms with Crippen LogP contribution >= 0.6 is 11.6 Å². The average molecular weight is 589 g/mol. The van der Waals surface area contributed by atoms with Gasteiger partial charge in [0.15, 0.2) is 6.10 Å². The Morgan fingerprint density at radius 2 is 1.64 bits per heavy atom. The fraction of sp³-hybridized carbons (Fsp3) is 0.371. The Morgan fingerprint density at radius 3 is 2.31 bits per heavy atom. The summed E-state index contributed by atoms with van der Waals surface area (Å²) in [7, 11) is 1.36. The van der Waals surface area contributed by atoms with E-state index in [0.717, 1.165) is 33.3 Å². The lowest BCUT2D eigenvalue weighted by Gasteiger charge is -2.21. The van der Waals surface area contributed by atoms with E-state index < -0.39 is 12.1 Å². The number of nitrogens with zero attached hydrogens (tertiary/aromatic N) is 1. The van der Waals surface area contributed by atoms with Gasteiger partial charge in [-0.1, -0.05) is 63.6 Å². The van der Waals surface area contributed by atoms with Crippen LogP contribution in [0.25, 0.3) is 10.9 Å². The zero-order valence-electron chi connectivity index (χ0n) is 25.7. The van der Waals surface area contributed by atoms with Crippen LogP contribution in [0.2, 0.25) is 5.02 Å². The Morgan fingerprint density at radius 1 is 0.929 bits per heavy atom. The molecule has 1 N–H and O–H groups in total. The highest BCUT2D eigenvalue weighted by molar-refractivity contribution is 6.31. The molecule has 0 aliphatic heterocycles. The molecule has 42 heavy (non-hydrogen) atoms. The van der Waals surface area contributed by atoms with E-state index in [9.17, 15) is 9.59 Å². The fourth-order valence-corrected chi connectivity index (χ4v) is 5.36. The van der Waals surface area contributed by atoms with Crippen molar-refractivity contribution < 1.29 is 19.1 Å². The summed E-state index contributed by atoms with van der Waals surface area (Å²) in [5.41, 5.74) is 7.01. The molecule has 222 valence electrons. The van der Waals surface area contributed by atoms with Crippen LogP contribution in [-0.4, -0.2) is 29.7 Å². The number of amides is 1. The number of ether oxygens (including phenoxy) is 2. The molecule has 0 fully saturated rings. The highest BCUT2D eigenvalue weighted by Crippen LogP contribution is 2.31. The molecule has 0 saturated carbocycles. The van der Waals surface area contributed by atoms with Gasteiger partial charge in [-0.3, -0.25) is 4.79 Å². The van der Waals surface area contributed by atoms with Gasteiger partial charge >= 0.3 is 5.97 Å². The van der Waals surface area contributed by atoms with Crippen molar-refractivity contribution in [3.8, 4) is 5.75 Å². The maximum atomic E-state index is 13.3. The number of fused-ring (bicyclic) bond motifs is 1. The largest absolute Gasteiger partial charge is 0.478 e. The average Bonchev–Trinajstić information content (AvgIpc) is 3.20. The second-order valence-electron chi connectivity index (χ2n) is 11.6. The first-order valence-electron chi connectivity index (χ1n) is 14.4. The molecular formula is C35H41ClN2O4. The number of hydrogen-bond donors (Lipinski definition) is 1. The Bertz CT molecular complexity index is 1600. The molecule has 0 radical (unpaired) electrons. The molecule has 0 spiro atoms. The number of hydrogen-bond acceptors (Lipinski definition) is 4. The van der Waals surface area contributed by atoms with E-state index >= 15 is 0 Å². The van der Waals surface area contributed by atoms with Crippen LogP contribution in [0.3, 0.4) is 0 Å². The van der Waals surface area contributed by atoms with E-state index in [1.165, 1.54) is 12.7 Å². The Balaban J connectivity index is 1.59. The molecule has 1 aromatic heterocycles. The van der Waals surface area contributed by atoms with Gasteiger partial charge in [0.05, 0.1) is 13.2 Å². The van der Waals surface area contributed by atoms with Crippen molar-refractivity contribution in [2.24, 2.45) is 5.92 Å². The van der Waals surface area contributed by atoms with Crippen molar-refractivity contribution in [1.82, 2.24) is 9.88 Å². The van der Waals surface area contributed by atoms with Crippen LogP contribution in [0, 0.1) is 19.8 Å². The van der Waals surface area contributed by atoms with Crippen LogP contribution in [0.15, 0.2) is 60.7 Å². The smallest absolute Gasteiger partial charge is 0.347 e. The molecule has 2 atom stereocenters. The lowest BCUT2D eigenvalue weighted by molar-refractivity contribution is -0.150. The number of halogens is 1. The molecule has 7 heteroatoms. The van der Waals surface area contributed by atoms with Gasteiger partial charge in [-0.25, -0.2) is 4.79 Å². The Kier molecular flexibility index (Phi) is 9.67. The van der Waals surface area contributed by atoms with Gasteiger partial charge in [0.2, 0.25) is 0 Å². The van der Waals surface area contributed by atoms with Crippen LogP contribution < -0.4 is 10.1 Å². The Labute approximate surface area is 254 Å². The van der Waals surface area contributed by atoms with Gasteiger partial charge < -0.3 is 19.4 Å². The first-order chi connectivity index (χ1) is 19.9. The van der Waals surface area contributed by atoms with Crippen molar-refractivity contribution in [3.63, 3.8) is 0 Å². The minimum atomic E-state index is -0.716. The zero-order chi connectivity index (χ0) is 30.7. The van der Waals surface area contributed by atoms with Crippen molar-refractivity contribution in [3.05, 3.63) is 99.2 Å². The number of carbonyl (C=O) groups is 2. The van der Waals surface area contributed by atoms with Crippen LogP contribution in [-0.2, 0) is 16.1 Å². The number of aryl methyl sites for hydroxylation is 1. The molecule has 0 saturated heterocycles. The summed E-state index contributed by atoms with van der Waals surface area (Å²) < 4.78 is 13.1. The second kappa shape index (κ2) is 13.0. The number of benzene rings is 3. The molecule has 6 nitrogen and oxygen atoms in total. The minimum absolute atomic E-state index is 0.0607. The van der Waals surface area contributed by atoms with Crippen molar-refractivity contribution >= 4 is 34.4 Å². The molecular weight excluding hydrogens is 548 g/mol. The number of aromatic nitrogens is 1. The van der Waals surface area contributed by atoms with Crippen LogP contribution in [0.5, 0.6) is 5.75 Å². The fourth-order valence-electron chi connectivity index (χ4n) is 5.18. The van der Waals surface area contributed by atoms with E-state index in [0.29, 0.717) is 28.8 Å². The summed E-state index contributed by atoms with van der Waals surface area (Å²) in [6, 6.07) is 19.5. The van der Waals surface area contributed by atoms with E-state index in [4.69, 9.17) is 21.1 Å². The number of methoxy groups -OCH3 is 1. The molecule has 4 rings (SSSR count). The molecule has 3 aromatic carbocycles. The zero-order valence-corrected chi connectivity index (χ0v) is 26.5. The van der Waals surface area contributed by atoms with Gasteiger partial charge in [0.1, 0.15) is 5.75 Å². The lowest BCUT2D eigenvalue weighted by atomic mass is 9.98. The van der Waals surface area contributed by atoms with E-state index in [1.807, 2.05) is 51.1 Å². The number of nitrogens with one attached hydrogen (secondary N) is 1. The monoisotopic (exact) mass is 588 g/mol. The molecule has 1 amide bonds. The first kappa shape index (κ1) is 31.2. The van der Waals surface area contributed by atoms with Gasteiger partial charge in [0, 0.05) is 39.6 Å². The van der Waals surface area contributed by atoms with Gasteiger partial charge in [-0.2, -0.15) is 0 Å². The quantitative estimate of drug-likeness (QED) is 0.190. The van der Waals surface area contributed by atoms with Crippen molar-refractivity contribution in [2.45, 2.75) is 73.1 Å². The molecule has 0 aliphatic rings. The topological polar surface area (TPSA) is 69.6 Å². The minimum Gasteiger partial charge on any atom is -0.478 e. The van der Waals surface area contributed by atoms with Gasteiger partial charge in [-0.15, -0.1) is 0 Å². The van der Waals surface area contributed by atoms with Crippen LogP contribution in [0.4, 0.5) is 0 Å². The Hall–Kier alpha value is -3.77. The van der Waals surface area contributed by atoms with Gasteiger partial charge in [0.25, 0.3) is 5.91 Å². The third kappa shape index (κ3) is 6.65. The van der Waals surface area contributed by atoms with E-state index in [-0.39, 0.29) is 17.9 Å². The number of rotatable bonds is 10. The predicted molar refractivity (Wildman–Crippen MR) is 170 cm³/mol. The highest BCUT2D eigenvalue weighted by atomic mass is 35.5. The summed E-state index contributed by atoms with van der Waals surface area (Å²) in [6.45, 7) is 14.8. The van der Waals surface area contributed by atoms with Crippen molar-refractivity contribution in [2.75, 3.05) is 7.11 Å². The maximum Gasteiger partial charge on any atom is 0.347 e.